The van der Waals surface area contributed by atoms with Crippen LogP contribution in [0.15, 0.2) is 42.9 Å². The van der Waals surface area contributed by atoms with E-state index in [9.17, 15) is 4.79 Å². The lowest BCUT2D eigenvalue weighted by atomic mass is 10.1. The van der Waals surface area contributed by atoms with Crippen molar-refractivity contribution in [2.24, 2.45) is 0 Å². The third-order valence-corrected chi connectivity index (χ3v) is 12.5. The predicted octanol–water partition coefficient (Wildman–Crippen LogP) is 5.15. The van der Waals surface area contributed by atoms with Gasteiger partial charge in [0.05, 0.1) is 8.07 Å². The lowest BCUT2D eigenvalue weighted by Gasteiger charge is -2.41. The van der Waals surface area contributed by atoms with Crippen LogP contribution < -0.4 is 5.32 Å². The van der Waals surface area contributed by atoms with Gasteiger partial charge in [0, 0.05) is 41.1 Å². The first-order chi connectivity index (χ1) is 14.2. The molecule has 0 unspecified atom stereocenters. The molecule has 2 saturated heterocycles. The fourth-order valence-electron chi connectivity index (χ4n) is 5.27. The van der Waals surface area contributed by atoms with Gasteiger partial charge in [0.15, 0.2) is 0 Å². The van der Waals surface area contributed by atoms with Crippen molar-refractivity contribution in [2.45, 2.75) is 62.3 Å². The van der Waals surface area contributed by atoms with Crippen LogP contribution in [0.25, 0.3) is 22.2 Å². The summed E-state index contributed by atoms with van der Waals surface area (Å²) in [5.74, 6) is -0.00260. The zero-order chi connectivity index (χ0) is 19.7. The SMILES string of the molecule is O=C(NC1CC[Si]2(CCCCC2)CC1)c1cc2cc(-c3cccnc3)cnc2[nH]1. The van der Waals surface area contributed by atoms with Gasteiger partial charge in [-0.3, -0.25) is 9.78 Å². The summed E-state index contributed by atoms with van der Waals surface area (Å²) in [6.45, 7) is 0. The second-order valence-electron chi connectivity index (χ2n) is 8.89. The Hall–Kier alpha value is -2.47. The maximum atomic E-state index is 12.8. The van der Waals surface area contributed by atoms with E-state index in [1.165, 1.54) is 56.3 Å². The number of aromatic amines is 1. The number of pyridine rings is 2. The van der Waals surface area contributed by atoms with Crippen LogP contribution in [0.2, 0.25) is 24.2 Å². The number of nitrogens with zero attached hydrogens (tertiary/aromatic N) is 2. The molecule has 5 nitrogen and oxygen atoms in total. The van der Waals surface area contributed by atoms with Crippen LogP contribution in [-0.4, -0.2) is 35.0 Å². The fraction of sp³-hybridized carbons (Fsp3) is 0.435. The number of hydrogen-bond donors (Lipinski definition) is 2. The number of amides is 1. The predicted molar refractivity (Wildman–Crippen MR) is 119 cm³/mol. The van der Waals surface area contributed by atoms with E-state index < -0.39 is 8.07 Å². The van der Waals surface area contributed by atoms with Gasteiger partial charge in [0.2, 0.25) is 0 Å². The Labute approximate surface area is 172 Å². The summed E-state index contributed by atoms with van der Waals surface area (Å²) in [4.78, 5) is 24.7. The van der Waals surface area contributed by atoms with E-state index in [1.54, 1.807) is 6.20 Å². The van der Waals surface area contributed by atoms with Crippen LogP contribution in [0.5, 0.6) is 0 Å². The summed E-state index contributed by atoms with van der Waals surface area (Å²) < 4.78 is 0. The van der Waals surface area contributed by atoms with Crippen molar-refractivity contribution in [2.75, 3.05) is 0 Å². The van der Waals surface area contributed by atoms with E-state index in [0.29, 0.717) is 11.7 Å². The molecule has 0 radical (unpaired) electrons. The summed E-state index contributed by atoms with van der Waals surface area (Å²) in [6.07, 6.45) is 12.1. The number of carbonyl (C=O) groups is 1. The Kier molecular flexibility index (Phi) is 4.95. The molecule has 0 saturated carbocycles. The molecule has 3 aromatic rings. The van der Waals surface area contributed by atoms with Crippen molar-refractivity contribution < 1.29 is 4.79 Å². The molecule has 150 valence electrons. The Bertz CT molecular complexity index is 1000. The smallest absolute Gasteiger partial charge is 0.267 e. The molecule has 2 N–H and O–H groups in total. The van der Waals surface area contributed by atoms with Crippen LogP contribution in [0.3, 0.4) is 0 Å². The standard InChI is InChI=1S/C23H28N4OSi/c28-23(26-20-6-11-29(12-7-20)9-2-1-3-10-29)21-14-18-13-19(16-25-22(18)27-21)17-5-4-8-24-15-17/h4-5,8,13-16,20H,1-3,6-7,9-12H2,(H,25,27)(H,26,28). The molecule has 2 fully saturated rings. The Morgan fingerprint density at radius 3 is 2.62 bits per heavy atom. The van der Waals surface area contributed by atoms with Gasteiger partial charge in [-0.05, 0) is 31.0 Å². The van der Waals surface area contributed by atoms with Crippen molar-refractivity contribution in [1.29, 1.82) is 0 Å². The van der Waals surface area contributed by atoms with E-state index in [4.69, 9.17) is 0 Å². The van der Waals surface area contributed by atoms with E-state index in [2.05, 4.69) is 26.3 Å². The number of carbonyl (C=O) groups excluding carboxylic acids is 1. The zero-order valence-electron chi connectivity index (χ0n) is 16.8. The van der Waals surface area contributed by atoms with Gasteiger partial charge in [-0.1, -0.05) is 49.5 Å². The van der Waals surface area contributed by atoms with E-state index in [1.807, 2.05) is 30.6 Å². The third kappa shape index (κ3) is 3.86. The number of aromatic nitrogens is 3. The van der Waals surface area contributed by atoms with Crippen molar-refractivity contribution in [3.8, 4) is 11.1 Å². The highest BCUT2D eigenvalue weighted by molar-refractivity contribution is 6.80. The molecule has 0 aromatic carbocycles. The Morgan fingerprint density at radius 2 is 1.86 bits per heavy atom. The highest BCUT2D eigenvalue weighted by Gasteiger charge is 2.38. The summed E-state index contributed by atoms with van der Waals surface area (Å²) in [5, 5.41) is 4.23. The summed E-state index contributed by atoms with van der Waals surface area (Å²) in [5.41, 5.74) is 3.38. The van der Waals surface area contributed by atoms with Crippen LogP contribution >= 0.6 is 0 Å². The van der Waals surface area contributed by atoms with Gasteiger partial charge in [-0.2, -0.15) is 0 Å². The molecule has 1 spiro atoms. The largest absolute Gasteiger partial charge is 0.348 e. The van der Waals surface area contributed by atoms with Gasteiger partial charge in [0.25, 0.3) is 5.91 Å². The molecule has 0 aliphatic carbocycles. The van der Waals surface area contributed by atoms with Gasteiger partial charge < -0.3 is 10.3 Å². The van der Waals surface area contributed by atoms with E-state index >= 15 is 0 Å². The first-order valence-electron chi connectivity index (χ1n) is 10.9. The lowest BCUT2D eigenvalue weighted by molar-refractivity contribution is 0.0929. The maximum absolute atomic E-state index is 12.8. The number of fused-ring (bicyclic) bond motifs is 1. The molecule has 6 heteroatoms. The Balaban J connectivity index is 1.26. The quantitative estimate of drug-likeness (QED) is 0.593. The molecular weight excluding hydrogens is 376 g/mol. The molecule has 3 aromatic heterocycles. The molecule has 0 atom stereocenters. The number of H-pyrrole nitrogens is 1. The fourth-order valence-corrected chi connectivity index (χ4v) is 10.7. The van der Waals surface area contributed by atoms with Crippen molar-refractivity contribution in [1.82, 2.24) is 20.3 Å². The summed E-state index contributed by atoms with van der Waals surface area (Å²) in [7, 11) is -0.981. The molecule has 29 heavy (non-hydrogen) atoms. The van der Waals surface area contributed by atoms with Crippen LogP contribution in [0.4, 0.5) is 0 Å². The number of rotatable bonds is 3. The molecule has 2 aliphatic rings. The molecular formula is C23H28N4OSi. The minimum atomic E-state index is -0.981. The molecule has 5 rings (SSSR count). The van der Waals surface area contributed by atoms with Gasteiger partial charge in [-0.15, -0.1) is 0 Å². The zero-order valence-corrected chi connectivity index (χ0v) is 17.8. The lowest BCUT2D eigenvalue weighted by Crippen LogP contribution is -2.46. The van der Waals surface area contributed by atoms with Crippen LogP contribution in [-0.2, 0) is 0 Å². The van der Waals surface area contributed by atoms with Crippen LogP contribution in [0.1, 0.15) is 42.6 Å². The Morgan fingerprint density at radius 1 is 1.03 bits per heavy atom. The summed E-state index contributed by atoms with van der Waals surface area (Å²) >= 11 is 0. The number of hydrogen-bond acceptors (Lipinski definition) is 3. The second kappa shape index (κ2) is 7.75. The normalized spacial score (nSPS) is 19.4. The molecule has 2 aliphatic heterocycles. The second-order valence-corrected chi connectivity index (χ2v) is 13.9. The van der Waals surface area contributed by atoms with Crippen molar-refractivity contribution in [3.05, 3.63) is 48.5 Å². The molecule has 5 heterocycles. The van der Waals surface area contributed by atoms with Crippen molar-refractivity contribution in [3.63, 3.8) is 0 Å². The van der Waals surface area contributed by atoms with Crippen LogP contribution in [0, 0.1) is 0 Å². The van der Waals surface area contributed by atoms with Gasteiger partial charge in [0.1, 0.15) is 11.3 Å². The molecule has 1 amide bonds. The van der Waals surface area contributed by atoms with Crippen molar-refractivity contribution >= 4 is 25.0 Å². The minimum Gasteiger partial charge on any atom is -0.348 e. The monoisotopic (exact) mass is 404 g/mol. The first kappa shape index (κ1) is 18.5. The summed E-state index contributed by atoms with van der Waals surface area (Å²) in [6, 6.07) is 14.1. The van der Waals surface area contributed by atoms with E-state index in [0.717, 1.165) is 22.2 Å². The van der Waals surface area contributed by atoms with Gasteiger partial charge >= 0.3 is 0 Å². The third-order valence-electron chi connectivity index (χ3n) is 7.01. The van der Waals surface area contributed by atoms with Gasteiger partial charge in [-0.25, -0.2) is 4.98 Å². The molecule has 0 bridgehead atoms. The topological polar surface area (TPSA) is 70.7 Å². The minimum absolute atomic E-state index is 0.00260. The highest BCUT2D eigenvalue weighted by atomic mass is 28.3. The average Bonchev–Trinajstić information content (AvgIpc) is 3.20. The van der Waals surface area contributed by atoms with E-state index in [-0.39, 0.29) is 5.91 Å². The maximum Gasteiger partial charge on any atom is 0.267 e. The average molecular weight is 405 g/mol. The first-order valence-corrected chi connectivity index (χ1v) is 13.7. The highest BCUT2D eigenvalue weighted by Crippen LogP contribution is 2.40. The number of nitrogens with one attached hydrogen (secondary N) is 2.